The molecule has 7 nitrogen and oxygen atoms in total. The van der Waals surface area contributed by atoms with E-state index in [-0.39, 0.29) is 5.69 Å². The van der Waals surface area contributed by atoms with Crippen LogP contribution in [0.4, 0.5) is 11.4 Å². The van der Waals surface area contributed by atoms with Gasteiger partial charge in [-0.05, 0) is 19.4 Å². The Morgan fingerprint density at radius 1 is 1.36 bits per heavy atom. The van der Waals surface area contributed by atoms with Crippen molar-refractivity contribution in [3.63, 3.8) is 0 Å². The SMILES string of the molecule is CCOCCCNc1c([N+](=O)[O-])c(=O)n(C)c2ccccc12. The summed E-state index contributed by atoms with van der Waals surface area (Å²) in [6.07, 6.45) is 0.703. The Hall–Kier alpha value is -2.41. The van der Waals surface area contributed by atoms with Gasteiger partial charge in [0, 0.05) is 32.2 Å². The van der Waals surface area contributed by atoms with E-state index in [0.29, 0.717) is 37.1 Å². The van der Waals surface area contributed by atoms with E-state index in [9.17, 15) is 14.9 Å². The van der Waals surface area contributed by atoms with Crippen molar-refractivity contribution in [1.82, 2.24) is 4.57 Å². The van der Waals surface area contributed by atoms with Crippen molar-refractivity contribution < 1.29 is 9.66 Å². The standard InChI is InChI=1S/C15H19N3O4/c1-3-22-10-6-9-16-13-11-7-4-5-8-12(11)17(2)15(19)14(13)18(20)21/h4-5,7-8,16H,3,6,9-10H2,1-2H3. The van der Waals surface area contributed by atoms with Gasteiger partial charge in [-0.1, -0.05) is 18.2 Å². The zero-order valence-electron chi connectivity index (χ0n) is 12.7. The molecule has 1 N–H and O–H groups in total. The van der Waals surface area contributed by atoms with Crippen LogP contribution in [0.1, 0.15) is 13.3 Å². The summed E-state index contributed by atoms with van der Waals surface area (Å²) in [6, 6.07) is 7.13. The summed E-state index contributed by atoms with van der Waals surface area (Å²) in [5.41, 5.74) is -0.0979. The van der Waals surface area contributed by atoms with E-state index in [4.69, 9.17) is 4.74 Å². The number of nitrogens with one attached hydrogen (secondary N) is 1. The van der Waals surface area contributed by atoms with Gasteiger partial charge < -0.3 is 14.6 Å². The average molecular weight is 305 g/mol. The molecule has 0 atom stereocenters. The summed E-state index contributed by atoms with van der Waals surface area (Å²) in [5, 5.41) is 15.0. The highest BCUT2D eigenvalue weighted by Crippen LogP contribution is 2.29. The van der Waals surface area contributed by atoms with Crippen LogP contribution in [0.2, 0.25) is 0 Å². The van der Waals surface area contributed by atoms with Crippen molar-refractivity contribution in [1.29, 1.82) is 0 Å². The van der Waals surface area contributed by atoms with Crippen molar-refractivity contribution in [2.24, 2.45) is 7.05 Å². The maximum Gasteiger partial charge on any atom is 0.357 e. The number of para-hydroxylation sites is 1. The lowest BCUT2D eigenvalue weighted by Crippen LogP contribution is -2.23. The molecule has 0 spiro atoms. The fourth-order valence-corrected chi connectivity index (χ4v) is 2.36. The van der Waals surface area contributed by atoms with Crippen LogP contribution in [0, 0.1) is 10.1 Å². The number of aryl methyl sites for hydroxylation is 1. The quantitative estimate of drug-likeness (QED) is 0.482. The average Bonchev–Trinajstić information content (AvgIpc) is 2.51. The van der Waals surface area contributed by atoms with Crippen molar-refractivity contribution in [3.05, 3.63) is 44.7 Å². The lowest BCUT2D eigenvalue weighted by atomic mass is 10.1. The van der Waals surface area contributed by atoms with E-state index in [0.717, 1.165) is 0 Å². The van der Waals surface area contributed by atoms with Crippen LogP contribution in [-0.2, 0) is 11.8 Å². The highest BCUT2D eigenvalue weighted by Gasteiger charge is 2.24. The lowest BCUT2D eigenvalue weighted by molar-refractivity contribution is -0.385. The number of nitro groups is 1. The molecule has 0 saturated heterocycles. The molecule has 1 aromatic heterocycles. The maximum atomic E-state index is 12.2. The molecule has 7 heteroatoms. The predicted molar refractivity (Wildman–Crippen MR) is 85.4 cm³/mol. The molecular weight excluding hydrogens is 286 g/mol. The van der Waals surface area contributed by atoms with Gasteiger partial charge in [0.15, 0.2) is 0 Å². The number of benzene rings is 1. The summed E-state index contributed by atoms with van der Waals surface area (Å²) in [7, 11) is 1.54. The van der Waals surface area contributed by atoms with Gasteiger partial charge in [-0.15, -0.1) is 0 Å². The fraction of sp³-hybridized carbons (Fsp3) is 0.400. The van der Waals surface area contributed by atoms with Crippen LogP contribution in [-0.4, -0.2) is 29.2 Å². The van der Waals surface area contributed by atoms with Gasteiger partial charge in [-0.25, -0.2) is 0 Å². The second-order valence-corrected chi connectivity index (χ2v) is 4.84. The Balaban J connectivity index is 2.45. The number of hydrogen-bond acceptors (Lipinski definition) is 5. The van der Waals surface area contributed by atoms with Crippen LogP contribution in [0.25, 0.3) is 10.9 Å². The Bertz CT molecular complexity index is 739. The number of hydrogen-bond donors (Lipinski definition) is 1. The molecule has 1 heterocycles. The Kier molecular flexibility index (Phi) is 5.11. The van der Waals surface area contributed by atoms with Crippen LogP contribution in [0.5, 0.6) is 0 Å². The van der Waals surface area contributed by atoms with Crippen molar-refractivity contribution in [2.75, 3.05) is 25.1 Å². The number of pyridine rings is 1. The molecular formula is C15H19N3O4. The third kappa shape index (κ3) is 3.09. The Labute approximate surface area is 127 Å². The molecule has 2 aromatic rings. The minimum absolute atomic E-state index is 0.278. The second kappa shape index (κ2) is 7.04. The molecule has 0 fully saturated rings. The third-order valence-electron chi connectivity index (χ3n) is 3.43. The molecule has 0 saturated carbocycles. The van der Waals surface area contributed by atoms with E-state index in [1.165, 1.54) is 11.6 Å². The third-order valence-corrected chi connectivity index (χ3v) is 3.43. The molecule has 0 amide bonds. The van der Waals surface area contributed by atoms with Crippen LogP contribution in [0.3, 0.4) is 0 Å². The van der Waals surface area contributed by atoms with Gasteiger partial charge >= 0.3 is 11.2 Å². The van der Waals surface area contributed by atoms with E-state index in [1.807, 2.05) is 6.92 Å². The van der Waals surface area contributed by atoms with E-state index < -0.39 is 16.2 Å². The first-order valence-electron chi connectivity index (χ1n) is 7.15. The Morgan fingerprint density at radius 2 is 2.09 bits per heavy atom. The number of nitrogens with zero attached hydrogens (tertiary/aromatic N) is 2. The van der Waals surface area contributed by atoms with Crippen LogP contribution in [0.15, 0.2) is 29.1 Å². The zero-order valence-corrected chi connectivity index (χ0v) is 12.7. The smallest absolute Gasteiger partial charge is 0.357 e. The number of fused-ring (bicyclic) bond motifs is 1. The second-order valence-electron chi connectivity index (χ2n) is 4.84. The molecule has 0 unspecified atom stereocenters. The highest BCUT2D eigenvalue weighted by atomic mass is 16.6. The van der Waals surface area contributed by atoms with E-state index in [2.05, 4.69) is 5.32 Å². The van der Waals surface area contributed by atoms with Gasteiger partial charge in [-0.2, -0.15) is 0 Å². The van der Waals surface area contributed by atoms with Crippen LogP contribution < -0.4 is 10.9 Å². The number of aromatic nitrogens is 1. The number of rotatable bonds is 7. The summed E-state index contributed by atoms with van der Waals surface area (Å²) >= 11 is 0. The topological polar surface area (TPSA) is 86.4 Å². The van der Waals surface area contributed by atoms with Crippen LogP contribution >= 0.6 is 0 Å². The zero-order chi connectivity index (χ0) is 16.1. The van der Waals surface area contributed by atoms with Gasteiger partial charge in [0.05, 0.1) is 10.4 Å². The largest absolute Gasteiger partial charge is 0.382 e. The molecule has 0 aliphatic carbocycles. The molecule has 2 rings (SSSR count). The van der Waals surface area contributed by atoms with Crippen molar-refractivity contribution >= 4 is 22.3 Å². The molecule has 118 valence electrons. The van der Waals surface area contributed by atoms with Crippen molar-refractivity contribution in [3.8, 4) is 0 Å². The van der Waals surface area contributed by atoms with E-state index in [1.54, 1.807) is 24.3 Å². The van der Waals surface area contributed by atoms with Gasteiger partial charge in [-0.3, -0.25) is 14.9 Å². The lowest BCUT2D eigenvalue weighted by Gasteiger charge is -2.12. The summed E-state index contributed by atoms with van der Waals surface area (Å²) in [5.74, 6) is 0. The first-order valence-corrected chi connectivity index (χ1v) is 7.15. The number of ether oxygens (including phenoxy) is 1. The first-order chi connectivity index (χ1) is 10.6. The summed E-state index contributed by atoms with van der Waals surface area (Å²) in [6.45, 7) is 3.61. The minimum atomic E-state index is -0.625. The molecule has 1 aromatic carbocycles. The Morgan fingerprint density at radius 3 is 2.77 bits per heavy atom. The highest BCUT2D eigenvalue weighted by molar-refractivity contribution is 5.96. The first kappa shape index (κ1) is 16.0. The fourth-order valence-electron chi connectivity index (χ4n) is 2.36. The van der Waals surface area contributed by atoms with E-state index >= 15 is 0 Å². The maximum absolute atomic E-state index is 12.2. The molecule has 22 heavy (non-hydrogen) atoms. The monoisotopic (exact) mass is 305 g/mol. The van der Waals surface area contributed by atoms with Gasteiger partial charge in [0.1, 0.15) is 5.69 Å². The van der Waals surface area contributed by atoms with Crippen molar-refractivity contribution in [2.45, 2.75) is 13.3 Å². The van der Waals surface area contributed by atoms with Gasteiger partial charge in [0.25, 0.3) is 0 Å². The molecule has 0 bridgehead atoms. The molecule has 0 aliphatic rings. The predicted octanol–water partition coefficient (Wildman–Crippen LogP) is 2.29. The number of anilines is 1. The van der Waals surface area contributed by atoms with Gasteiger partial charge in [0.2, 0.25) is 0 Å². The summed E-state index contributed by atoms with van der Waals surface area (Å²) < 4.78 is 6.54. The minimum Gasteiger partial charge on any atom is -0.382 e. The molecule has 0 radical (unpaired) electrons. The normalized spacial score (nSPS) is 10.8. The summed E-state index contributed by atoms with van der Waals surface area (Å²) in [4.78, 5) is 22.9. The molecule has 0 aliphatic heterocycles.